The second-order valence-corrected chi connectivity index (χ2v) is 5.74. The highest BCUT2D eigenvalue weighted by Gasteiger charge is 2.57. The van der Waals surface area contributed by atoms with E-state index < -0.39 is 16.9 Å². The molecular weight excluding hydrogens is 302 g/mol. The van der Waals surface area contributed by atoms with Gasteiger partial charge in [0.25, 0.3) is 0 Å². The Bertz CT molecular complexity index is 704. The Kier molecular flexibility index (Phi) is 3.62. The second kappa shape index (κ2) is 5.46. The van der Waals surface area contributed by atoms with E-state index in [1.165, 1.54) is 4.90 Å². The predicted molar refractivity (Wildman–Crippen MR) is 83.9 cm³/mol. The molecular formula is C17H14ClNO3. The number of benzene rings is 2. The average Bonchev–Trinajstić information content (AvgIpc) is 2.82. The van der Waals surface area contributed by atoms with Crippen LogP contribution in [-0.4, -0.2) is 22.4 Å². The van der Waals surface area contributed by atoms with Crippen LogP contribution in [0.3, 0.4) is 0 Å². The van der Waals surface area contributed by atoms with Gasteiger partial charge in [-0.2, -0.15) is 0 Å². The van der Waals surface area contributed by atoms with Crippen molar-refractivity contribution in [1.82, 2.24) is 0 Å². The van der Waals surface area contributed by atoms with Crippen LogP contribution in [0.1, 0.15) is 12.0 Å². The molecule has 4 nitrogen and oxygen atoms in total. The number of carbonyl (C=O) groups is 2. The minimum Gasteiger partial charge on any atom is -0.479 e. The molecule has 1 aliphatic rings. The molecule has 2 aromatic rings. The molecule has 1 saturated heterocycles. The van der Waals surface area contributed by atoms with E-state index >= 15 is 0 Å². The number of anilines is 1. The number of alkyl halides is 1. The Balaban J connectivity index is 2.23. The van der Waals surface area contributed by atoms with Crippen molar-refractivity contribution >= 4 is 29.2 Å². The van der Waals surface area contributed by atoms with Crippen molar-refractivity contribution in [3.8, 4) is 0 Å². The maximum atomic E-state index is 12.5. The van der Waals surface area contributed by atoms with Crippen molar-refractivity contribution in [2.75, 3.05) is 4.90 Å². The van der Waals surface area contributed by atoms with Crippen molar-refractivity contribution < 1.29 is 14.7 Å². The molecule has 22 heavy (non-hydrogen) atoms. The minimum atomic E-state index is -1.48. The minimum absolute atomic E-state index is 0.0294. The largest absolute Gasteiger partial charge is 0.479 e. The highest BCUT2D eigenvalue weighted by Crippen LogP contribution is 2.44. The van der Waals surface area contributed by atoms with Gasteiger partial charge in [0, 0.05) is 12.1 Å². The van der Waals surface area contributed by atoms with Crippen LogP contribution in [0.15, 0.2) is 60.7 Å². The molecule has 112 valence electrons. The van der Waals surface area contributed by atoms with Gasteiger partial charge in [-0.1, -0.05) is 48.5 Å². The van der Waals surface area contributed by atoms with E-state index in [4.69, 9.17) is 11.6 Å². The molecule has 1 heterocycles. The van der Waals surface area contributed by atoms with Crippen molar-refractivity contribution in [2.45, 2.75) is 17.3 Å². The van der Waals surface area contributed by atoms with Gasteiger partial charge in [0.2, 0.25) is 5.91 Å². The third kappa shape index (κ3) is 2.07. The molecule has 1 N–H and O–H groups in total. The summed E-state index contributed by atoms with van der Waals surface area (Å²) in [5.74, 6) is -1.47. The first kappa shape index (κ1) is 14.6. The lowest BCUT2D eigenvalue weighted by atomic mass is 9.86. The Morgan fingerprint density at radius 2 is 1.64 bits per heavy atom. The highest BCUT2D eigenvalue weighted by atomic mass is 35.5. The van der Waals surface area contributed by atoms with Crippen LogP contribution >= 0.6 is 11.6 Å². The van der Waals surface area contributed by atoms with E-state index in [1.807, 2.05) is 6.07 Å². The van der Waals surface area contributed by atoms with Gasteiger partial charge in [-0.3, -0.25) is 9.69 Å². The standard InChI is InChI=1S/C17H14ClNO3/c18-14-11-17(16(21)22,12-7-3-1-4-8-12)19(15(14)20)13-9-5-2-6-10-13/h1-10,14H,11H2,(H,21,22). The normalized spacial score (nSPS) is 24.5. The lowest BCUT2D eigenvalue weighted by molar-refractivity contribution is -0.144. The van der Waals surface area contributed by atoms with E-state index in [0.717, 1.165) is 0 Å². The topological polar surface area (TPSA) is 57.6 Å². The van der Waals surface area contributed by atoms with E-state index in [-0.39, 0.29) is 12.3 Å². The van der Waals surface area contributed by atoms with Crippen molar-refractivity contribution in [3.05, 3.63) is 66.2 Å². The summed E-state index contributed by atoms with van der Waals surface area (Å²) in [5, 5.41) is 9.07. The zero-order valence-electron chi connectivity index (χ0n) is 11.6. The smallest absolute Gasteiger partial charge is 0.334 e. The van der Waals surface area contributed by atoms with Crippen LogP contribution in [0.5, 0.6) is 0 Å². The van der Waals surface area contributed by atoms with Crippen molar-refractivity contribution in [3.63, 3.8) is 0 Å². The molecule has 1 fully saturated rings. The first-order valence-electron chi connectivity index (χ1n) is 6.89. The Morgan fingerprint density at radius 3 is 2.18 bits per heavy atom. The van der Waals surface area contributed by atoms with Gasteiger partial charge in [-0.25, -0.2) is 4.79 Å². The van der Waals surface area contributed by atoms with Gasteiger partial charge >= 0.3 is 5.97 Å². The SMILES string of the molecule is O=C1C(Cl)CC(C(=O)O)(c2ccccc2)N1c1ccccc1. The number of carboxylic acid groups (broad SMARTS) is 1. The summed E-state index contributed by atoms with van der Waals surface area (Å²) in [6.07, 6.45) is 0.0294. The number of hydrogen-bond acceptors (Lipinski definition) is 2. The zero-order valence-corrected chi connectivity index (χ0v) is 12.4. The van der Waals surface area contributed by atoms with Gasteiger partial charge < -0.3 is 5.11 Å². The maximum Gasteiger partial charge on any atom is 0.334 e. The molecule has 0 aromatic heterocycles. The highest BCUT2D eigenvalue weighted by molar-refractivity contribution is 6.35. The first-order chi connectivity index (χ1) is 10.6. The Labute approximate surface area is 132 Å². The quantitative estimate of drug-likeness (QED) is 0.886. The number of carboxylic acids is 1. The summed E-state index contributed by atoms with van der Waals surface area (Å²) >= 11 is 6.13. The van der Waals surface area contributed by atoms with Gasteiger partial charge in [-0.05, 0) is 17.7 Å². The van der Waals surface area contributed by atoms with E-state index in [9.17, 15) is 14.7 Å². The van der Waals surface area contributed by atoms with Crippen LogP contribution in [0.2, 0.25) is 0 Å². The third-order valence-electron chi connectivity index (χ3n) is 3.96. The van der Waals surface area contributed by atoms with Crippen LogP contribution in [0.25, 0.3) is 0 Å². The summed E-state index contributed by atoms with van der Waals surface area (Å²) in [6.45, 7) is 0. The predicted octanol–water partition coefficient (Wildman–Crippen LogP) is 3.01. The van der Waals surface area contributed by atoms with E-state index in [1.54, 1.807) is 54.6 Å². The number of rotatable bonds is 3. The third-order valence-corrected chi connectivity index (χ3v) is 4.31. The number of amides is 1. The summed E-state index contributed by atoms with van der Waals surface area (Å²) in [6, 6.07) is 17.5. The number of nitrogens with zero attached hydrogens (tertiary/aromatic N) is 1. The molecule has 0 radical (unpaired) electrons. The fraction of sp³-hybridized carbons (Fsp3) is 0.176. The molecule has 1 aliphatic heterocycles. The van der Waals surface area contributed by atoms with Gasteiger partial charge in [0.1, 0.15) is 5.38 Å². The van der Waals surface area contributed by atoms with Crippen molar-refractivity contribution in [2.24, 2.45) is 0 Å². The monoisotopic (exact) mass is 315 g/mol. The van der Waals surface area contributed by atoms with Gasteiger partial charge in [0.05, 0.1) is 0 Å². The summed E-state index contributed by atoms with van der Waals surface area (Å²) in [5.41, 5.74) is -0.406. The Hall–Kier alpha value is -2.33. The summed E-state index contributed by atoms with van der Waals surface area (Å²) in [7, 11) is 0. The van der Waals surface area contributed by atoms with Crippen LogP contribution in [-0.2, 0) is 15.1 Å². The lowest BCUT2D eigenvalue weighted by Gasteiger charge is -2.35. The molecule has 3 rings (SSSR count). The molecule has 2 unspecified atom stereocenters. The average molecular weight is 316 g/mol. The number of para-hydroxylation sites is 1. The number of aliphatic carboxylic acids is 1. The van der Waals surface area contributed by atoms with Gasteiger partial charge in [-0.15, -0.1) is 11.6 Å². The number of hydrogen-bond donors (Lipinski definition) is 1. The van der Waals surface area contributed by atoms with Crippen molar-refractivity contribution in [1.29, 1.82) is 0 Å². The molecule has 0 aliphatic carbocycles. The molecule has 0 bridgehead atoms. The number of carbonyl (C=O) groups excluding carboxylic acids is 1. The summed E-state index contributed by atoms with van der Waals surface area (Å²) in [4.78, 5) is 26.0. The molecule has 2 atom stereocenters. The Morgan fingerprint density at radius 1 is 1.09 bits per heavy atom. The fourth-order valence-electron chi connectivity index (χ4n) is 2.96. The lowest BCUT2D eigenvalue weighted by Crippen LogP contribution is -2.49. The van der Waals surface area contributed by atoms with Crippen LogP contribution < -0.4 is 4.90 Å². The molecule has 1 amide bonds. The second-order valence-electron chi connectivity index (χ2n) is 5.21. The maximum absolute atomic E-state index is 12.5. The van der Waals surface area contributed by atoms with Gasteiger partial charge in [0.15, 0.2) is 5.54 Å². The van der Waals surface area contributed by atoms with E-state index in [0.29, 0.717) is 11.3 Å². The van der Waals surface area contributed by atoms with E-state index in [2.05, 4.69) is 0 Å². The first-order valence-corrected chi connectivity index (χ1v) is 7.33. The number of halogens is 1. The van der Waals surface area contributed by atoms with Crippen LogP contribution in [0.4, 0.5) is 5.69 Å². The summed E-state index contributed by atoms with van der Waals surface area (Å²) < 4.78 is 0. The van der Waals surface area contributed by atoms with Crippen LogP contribution in [0, 0.1) is 0 Å². The fourth-order valence-corrected chi connectivity index (χ4v) is 3.28. The zero-order chi connectivity index (χ0) is 15.7. The molecule has 0 saturated carbocycles. The molecule has 2 aromatic carbocycles. The molecule has 5 heteroatoms. The molecule has 0 spiro atoms.